The van der Waals surface area contributed by atoms with Crippen molar-refractivity contribution in [2.45, 2.75) is 24.8 Å². The minimum Gasteiger partial charge on any atom is -0.366 e. The van der Waals surface area contributed by atoms with E-state index in [1.165, 1.54) is 10.5 Å². The molecule has 1 unspecified atom stereocenters. The number of piperazine rings is 1. The Labute approximate surface area is 174 Å². The van der Waals surface area contributed by atoms with Crippen molar-refractivity contribution in [2.75, 3.05) is 55.9 Å². The van der Waals surface area contributed by atoms with Crippen molar-refractivity contribution in [3.05, 3.63) is 48.7 Å². The summed E-state index contributed by atoms with van der Waals surface area (Å²) in [4.78, 5) is 9.33. The molecule has 1 saturated heterocycles. The standard InChI is InChI=1S/C21H31N5O2S/c1-4-26(19-8-6-5-7-9-19)29(27,28)20-10-11-21(22-16-20)23-18(2)17-25-14-12-24(3)13-15-25/h5-11,16,18H,4,12-15,17H2,1-3H3,(H,22,23). The highest BCUT2D eigenvalue weighted by Crippen LogP contribution is 2.23. The summed E-state index contributed by atoms with van der Waals surface area (Å²) in [6, 6.07) is 12.7. The maximum Gasteiger partial charge on any atom is 0.265 e. The van der Waals surface area contributed by atoms with Gasteiger partial charge in [-0.15, -0.1) is 0 Å². The van der Waals surface area contributed by atoms with Gasteiger partial charge in [0.1, 0.15) is 10.7 Å². The van der Waals surface area contributed by atoms with Crippen molar-refractivity contribution in [2.24, 2.45) is 0 Å². The third-order valence-electron chi connectivity index (χ3n) is 5.18. The number of hydrogen-bond acceptors (Lipinski definition) is 6. The van der Waals surface area contributed by atoms with Crippen LogP contribution in [0.25, 0.3) is 0 Å². The smallest absolute Gasteiger partial charge is 0.265 e. The van der Waals surface area contributed by atoms with E-state index in [9.17, 15) is 8.42 Å². The molecule has 7 nitrogen and oxygen atoms in total. The molecule has 0 bridgehead atoms. The van der Waals surface area contributed by atoms with Gasteiger partial charge in [-0.05, 0) is 45.2 Å². The largest absolute Gasteiger partial charge is 0.366 e. The topological polar surface area (TPSA) is 68.8 Å². The first-order chi connectivity index (χ1) is 13.9. The molecule has 0 spiro atoms. The third kappa shape index (κ3) is 5.46. The van der Waals surface area contributed by atoms with Gasteiger partial charge in [-0.1, -0.05) is 18.2 Å². The van der Waals surface area contributed by atoms with Gasteiger partial charge >= 0.3 is 0 Å². The molecule has 1 fully saturated rings. The monoisotopic (exact) mass is 417 g/mol. The molecule has 1 aromatic heterocycles. The van der Waals surface area contributed by atoms with E-state index in [1.807, 2.05) is 25.1 Å². The van der Waals surface area contributed by atoms with Crippen molar-refractivity contribution in [1.82, 2.24) is 14.8 Å². The average Bonchev–Trinajstić information content (AvgIpc) is 2.71. The highest BCUT2D eigenvalue weighted by molar-refractivity contribution is 7.92. The van der Waals surface area contributed by atoms with E-state index < -0.39 is 10.0 Å². The van der Waals surface area contributed by atoms with E-state index in [-0.39, 0.29) is 10.9 Å². The number of nitrogens with zero attached hydrogens (tertiary/aromatic N) is 4. The number of likely N-dealkylation sites (N-methyl/N-ethyl adjacent to an activating group) is 1. The van der Waals surface area contributed by atoms with Crippen LogP contribution in [0, 0.1) is 0 Å². The van der Waals surface area contributed by atoms with E-state index in [2.05, 4.69) is 34.1 Å². The summed E-state index contributed by atoms with van der Waals surface area (Å²) in [7, 11) is -1.50. The Kier molecular flexibility index (Phi) is 7.10. The quantitative estimate of drug-likeness (QED) is 0.711. The number of pyridine rings is 1. The second kappa shape index (κ2) is 9.56. The Morgan fingerprint density at radius 1 is 1.10 bits per heavy atom. The number of benzene rings is 1. The van der Waals surface area contributed by atoms with Gasteiger partial charge in [0.05, 0.1) is 5.69 Å². The highest BCUT2D eigenvalue weighted by Gasteiger charge is 2.24. The molecule has 1 aliphatic rings. The fraction of sp³-hybridized carbons (Fsp3) is 0.476. The van der Waals surface area contributed by atoms with Crippen molar-refractivity contribution in [3.8, 4) is 0 Å². The molecular weight excluding hydrogens is 386 g/mol. The molecule has 0 saturated carbocycles. The molecule has 0 radical (unpaired) electrons. The second-order valence-corrected chi connectivity index (χ2v) is 9.40. The Bertz CT molecular complexity index is 866. The SMILES string of the molecule is CCN(c1ccccc1)S(=O)(=O)c1ccc(NC(C)CN2CCN(C)CC2)nc1. The zero-order valence-electron chi connectivity index (χ0n) is 17.5. The van der Waals surface area contributed by atoms with Gasteiger partial charge in [-0.3, -0.25) is 9.21 Å². The van der Waals surface area contributed by atoms with Crippen LogP contribution in [-0.4, -0.2) is 75.6 Å². The predicted molar refractivity (Wildman–Crippen MR) is 118 cm³/mol. The van der Waals surface area contributed by atoms with Crippen LogP contribution in [0.15, 0.2) is 53.6 Å². The molecule has 2 aromatic rings. The van der Waals surface area contributed by atoms with Crippen LogP contribution in [0.5, 0.6) is 0 Å². The Morgan fingerprint density at radius 2 is 1.79 bits per heavy atom. The van der Waals surface area contributed by atoms with Crippen molar-refractivity contribution in [3.63, 3.8) is 0 Å². The lowest BCUT2D eigenvalue weighted by Gasteiger charge is -2.34. The molecule has 2 heterocycles. The van der Waals surface area contributed by atoms with Gasteiger partial charge in [0.2, 0.25) is 0 Å². The van der Waals surface area contributed by atoms with Crippen LogP contribution >= 0.6 is 0 Å². The van der Waals surface area contributed by atoms with Crippen LogP contribution in [0.2, 0.25) is 0 Å². The van der Waals surface area contributed by atoms with Gasteiger partial charge in [0.15, 0.2) is 0 Å². The zero-order valence-corrected chi connectivity index (χ0v) is 18.3. The molecule has 8 heteroatoms. The number of rotatable bonds is 8. The lowest BCUT2D eigenvalue weighted by Crippen LogP contribution is -2.47. The molecule has 0 amide bonds. The number of hydrogen-bond donors (Lipinski definition) is 1. The second-order valence-electron chi connectivity index (χ2n) is 7.53. The molecule has 158 valence electrons. The summed E-state index contributed by atoms with van der Waals surface area (Å²) < 4.78 is 27.5. The summed E-state index contributed by atoms with van der Waals surface area (Å²) >= 11 is 0. The summed E-state index contributed by atoms with van der Waals surface area (Å²) in [6.45, 7) is 9.56. The van der Waals surface area contributed by atoms with Gasteiger partial charge in [0.25, 0.3) is 10.0 Å². The number of para-hydroxylation sites is 1. The third-order valence-corrected chi connectivity index (χ3v) is 7.06. The molecule has 1 aliphatic heterocycles. The number of aromatic nitrogens is 1. The van der Waals surface area contributed by atoms with Crippen LogP contribution < -0.4 is 9.62 Å². The molecule has 1 atom stereocenters. The van der Waals surface area contributed by atoms with Crippen molar-refractivity contribution < 1.29 is 8.42 Å². The van der Waals surface area contributed by atoms with E-state index >= 15 is 0 Å². The fourth-order valence-electron chi connectivity index (χ4n) is 3.55. The number of nitrogens with one attached hydrogen (secondary N) is 1. The first-order valence-corrected chi connectivity index (χ1v) is 11.6. The first kappa shape index (κ1) is 21.5. The number of sulfonamides is 1. The predicted octanol–water partition coefficient (Wildman–Crippen LogP) is 2.34. The van der Waals surface area contributed by atoms with Gasteiger partial charge in [-0.25, -0.2) is 13.4 Å². The molecule has 1 N–H and O–H groups in total. The van der Waals surface area contributed by atoms with Crippen LogP contribution in [-0.2, 0) is 10.0 Å². The summed E-state index contributed by atoms with van der Waals surface area (Å²) in [6.07, 6.45) is 1.44. The van der Waals surface area contributed by atoms with Crippen LogP contribution in [0.3, 0.4) is 0 Å². The highest BCUT2D eigenvalue weighted by atomic mass is 32.2. The van der Waals surface area contributed by atoms with Gasteiger partial charge < -0.3 is 10.2 Å². The summed E-state index contributed by atoms with van der Waals surface area (Å²) in [5.74, 6) is 0.688. The minimum atomic E-state index is -3.65. The van der Waals surface area contributed by atoms with E-state index in [0.29, 0.717) is 18.1 Å². The summed E-state index contributed by atoms with van der Waals surface area (Å²) in [5, 5.41) is 3.38. The molecule has 1 aromatic carbocycles. The average molecular weight is 418 g/mol. The maximum absolute atomic E-state index is 13.0. The molecule has 0 aliphatic carbocycles. The zero-order chi connectivity index (χ0) is 20.9. The number of anilines is 2. The Hall–Kier alpha value is -2.16. The fourth-order valence-corrected chi connectivity index (χ4v) is 4.97. The van der Waals surface area contributed by atoms with E-state index in [0.717, 1.165) is 32.7 Å². The lowest BCUT2D eigenvalue weighted by molar-refractivity contribution is 0.151. The first-order valence-electron chi connectivity index (χ1n) is 10.1. The Morgan fingerprint density at radius 3 is 2.38 bits per heavy atom. The maximum atomic E-state index is 13.0. The van der Waals surface area contributed by atoms with Crippen molar-refractivity contribution >= 4 is 21.5 Å². The Balaban J connectivity index is 1.64. The molecule has 3 rings (SSSR count). The normalized spacial score (nSPS) is 17.1. The van der Waals surface area contributed by atoms with E-state index in [4.69, 9.17) is 0 Å². The van der Waals surface area contributed by atoms with Gasteiger partial charge in [-0.2, -0.15) is 0 Å². The summed E-state index contributed by atoms with van der Waals surface area (Å²) in [5.41, 5.74) is 0.651. The molecular formula is C21H31N5O2S. The minimum absolute atomic E-state index is 0.195. The van der Waals surface area contributed by atoms with E-state index in [1.54, 1.807) is 24.3 Å². The van der Waals surface area contributed by atoms with Gasteiger partial charge in [0, 0.05) is 51.5 Å². The molecule has 29 heavy (non-hydrogen) atoms. The van der Waals surface area contributed by atoms with Crippen molar-refractivity contribution in [1.29, 1.82) is 0 Å². The van der Waals surface area contributed by atoms with Crippen LogP contribution in [0.4, 0.5) is 11.5 Å². The lowest BCUT2D eigenvalue weighted by atomic mass is 10.2. The van der Waals surface area contributed by atoms with Crippen LogP contribution in [0.1, 0.15) is 13.8 Å².